The quantitative estimate of drug-likeness (QED) is 0.797. The number of amides is 1. The summed E-state index contributed by atoms with van der Waals surface area (Å²) in [5.74, 6) is -0.442. The summed E-state index contributed by atoms with van der Waals surface area (Å²) in [4.78, 5) is 13.4. The van der Waals surface area contributed by atoms with Crippen molar-refractivity contribution in [1.29, 1.82) is 0 Å². The van der Waals surface area contributed by atoms with E-state index in [1.807, 2.05) is 0 Å². The third-order valence-electron chi connectivity index (χ3n) is 4.36. The predicted molar refractivity (Wildman–Crippen MR) is 89.6 cm³/mol. The Morgan fingerprint density at radius 2 is 2.08 bits per heavy atom. The van der Waals surface area contributed by atoms with Gasteiger partial charge in [-0.15, -0.1) is 0 Å². The Morgan fingerprint density at radius 3 is 2.69 bits per heavy atom. The molecule has 2 rings (SSSR count). The fourth-order valence-electron chi connectivity index (χ4n) is 2.99. The number of piperidine rings is 1. The molecule has 0 aromatic heterocycles. The lowest BCUT2D eigenvalue weighted by molar-refractivity contribution is -0.137. The SMILES string of the molecule is CC(N)C1CCCCN1C(=O)CNS(=O)(=O)c1cccc(C(F)(F)F)c1. The summed E-state index contributed by atoms with van der Waals surface area (Å²) in [7, 11) is -4.24. The smallest absolute Gasteiger partial charge is 0.337 e. The fraction of sp³-hybridized carbons (Fsp3) is 0.562. The third kappa shape index (κ3) is 4.95. The van der Waals surface area contributed by atoms with E-state index in [1.54, 1.807) is 11.8 Å². The van der Waals surface area contributed by atoms with Crippen molar-refractivity contribution < 1.29 is 26.4 Å². The molecule has 1 aliphatic rings. The topological polar surface area (TPSA) is 92.5 Å². The van der Waals surface area contributed by atoms with E-state index in [4.69, 9.17) is 5.73 Å². The van der Waals surface area contributed by atoms with Crippen molar-refractivity contribution in [2.45, 2.75) is 49.3 Å². The van der Waals surface area contributed by atoms with Crippen molar-refractivity contribution in [3.63, 3.8) is 0 Å². The molecule has 1 heterocycles. The molecule has 0 radical (unpaired) electrons. The zero-order chi connectivity index (χ0) is 19.5. The largest absolute Gasteiger partial charge is 0.416 e. The van der Waals surface area contributed by atoms with Gasteiger partial charge in [0.25, 0.3) is 0 Å². The van der Waals surface area contributed by atoms with E-state index in [0.717, 1.165) is 37.5 Å². The highest BCUT2D eigenvalue weighted by molar-refractivity contribution is 7.89. The Labute approximate surface area is 150 Å². The number of nitrogens with one attached hydrogen (secondary N) is 1. The molecule has 1 aromatic rings. The predicted octanol–water partition coefficient (Wildman–Crippen LogP) is 1.71. The molecule has 10 heteroatoms. The van der Waals surface area contributed by atoms with Gasteiger partial charge in [0.05, 0.1) is 17.0 Å². The molecule has 1 fully saturated rings. The maximum Gasteiger partial charge on any atom is 0.416 e. The van der Waals surface area contributed by atoms with Crippen molar-refractivity contribution >= 4 is 15.9 Å². The van der Waals surface area contributed by atoms with E-state index in [-0.39, 0.29) is 12.1 Å². The molecule has 0 saturated carbocycles. The molecule has 146 valence electrons. The second kappa shape index (κ2) is 7.93. The fourth-order valence-corrected chi connectivity index (χ4v) is 4.01. The lowest BCUT2D eigenvalue weighted by Crippen LogP contribution is -2.54. The maximum absolute atomic E-state index is 12.7. The highest BCUT2D eigenvalue weighted by Crippen LogP contribution is 2.30. The van der Waals surface area contributed by atoms with E-state index in [1.165, 1.54) is 0 Å². The number of hydrogen-bond donors (Lipinski definition) is 2. The molecule has 2 atom stereocenters. The molecule has 0 spiro atoms. The average molecular weight is 393 g/mol. The highest BCUT2D eigenvalue weighted by atomic mass is 32.2. The molecule has 6 nitrogen and oxygen atoms in total. The van der Waals surface area contributed by atoms with Crippen LogP contribution in [0.5, 0.6) is 0 Å². The first-order valence-corrected chi connectivity index (χ1v) is 9.72. The van der Waals surface area contributed by atoms with Gasteiger partial charge in [-0.2, -0.15) is 13.2 Å². The van der Waals surface area contributed by atoms with Crippen LogP contribution in [-0.2, 0) is 21.0 Å². The Balaban J connectivity index is 2.09. The number of alkyl halides is 3. The molecule has 1 aromatic carbocycles. The van der Waals surface area contributed by atoms with Crippen LogP contribution in [0.25, 0.3) is 0 Å². The van der Waals surface area contributed by atoms with E-state index < -0.39 is 39.1 Å². The van der Waals surface area contributed by atoms with Gasteiger partial charge in [0, 0.05) is 18.6 Å². The first-order valence-electron chi connectivity index (χ1n) is 8.24. The second-order valence-corrected chi connectivity index (χ2v) is 8.13. The summed E-state index contributed by atoms with van der Waals surface area (Å²) in [6.07, 6.45) is -2.18. The molecule has 26 heavy (non-hydrogen) atoms. The van der Waals surface area contributed by atoms with Crippen molar-refractivity contribution in [3.8, 4) is 0 Å². The molecular weight excluding hydrogens is 371 g/mol. The number of sulfonamides is 1. The number of carbonyl (C=O) groups is 1. The zero-order valence-corrected chi connectivity index (χ0v) is 15.1. The first kappa shape index (κ1) is 20.7. The van der Waals surface area contributed by atoms with Gasteiger partial charge in [0.1, 0.15) is 0 Å². The first-order chi connectivity index (χ1) is 12.0. The maximum atomic E-state index is 12.7. The number of nitrogens with two attached hydrogens (primary N) is 1. The number of halogens is 3. The Morgan fingerprint density at radius 1 is 1.38 bits per heavy atom. The Hall–Kier alpha value is -1.65. The molecule has 1 saturated heterocycles. The normalized spacial score (nSPS) is 20.0. The van der Waals surface area contributed by atoms with E-state index in [2.05, 4.69) is 4.72 Å². The number of rotatable bonds is 5. The molecule has 3 N–H and O–H groups in total. The minimum atomic E-state index is -4.65. The van der Waals surface area contributed by atoms with Crippen molar-refractivity contribution in [1.82, 2.24) is 9.62 Å². The molecule has 1 amide bonds. The van der Waals surface area contributed by atoms with Gasteiger partial charge in [0.15, 0.2) is 0 Å². The van der Waals surface area contributed by atoms with Gasteiger partial charge >= 0.3 is 6.18 Å². The van der Waals surface area contributed by atoms with Crippen LogP contribution in [0, 0.1) is 0 Å². The Bertz CT molecular complexity index is 751. The van der Waals surface area contributed by atoms with Crippen molar-refractivity contribution in [2.24, 2.45) is 5.73 Å². The zero-order valence-electron chi connectivity index (χ0n) is 14.3. The van der Waals surface area contributed by atoms with Crippen LogP contribution in [0.1, 0.15) is 31.7 Å². The van der Waals surface area contributed by atoms with Crippen LogP contribution in [-0.4, -0.2) is 44.4 Å². The lowest BCUT2D eigenvalue weighted by Gasteiger charge is -2.38. The summed E-state index contributed by atoms with van der Waals surface area (Å²) in [6, 6.07) is 2.96. The van der Waals surface area contributed by atoms with Crippen molar-refractivity contribution in [2.75, 3.05) is 13.1 Å². The van der Waals surface area contributed by atoms with E-state index >= 15 is 0 Å². The minimum Gasteiger partial charge on any atom is -0.337 e. The Kier molecular flexibility index (Phi) is 6.30. The number of nitrogens with zero attached hydrogens (tertiary/aromatic N) is 1. The monoisotopic (exact) mass is 393 g/mol. The van der Waals surface area contributed by atoms with Gasteiger partial charge < -0.3 is 10.6 Å². The van der Waals surface area contributed by atoms with Gasteiger partial charge in [0.2, 0.25) is 15.9 Å². The summed E-state index contributed by atoms with van der Waals surface area (Å²) in [6.45, 7) is 1.74. The number of carbonyl (C=O) groups excluding carboxylic acids is 1. The number of benzene rings is 1. The second-order valence-electron chi connectivity index (χ2n) is 6.36. The van der Waals surface area contributed by atoms with E-state index in [0.29, 0.717) is 12.6 Å². The van der Waals surface area contributed by atoms with Crippen LogP contribution < -0.4 is 10.5 Å². The van der Waals surface area contributed by atoms with Gasteiger partial charge in [-0.3, -0.25) is 4.79 Å². The lowest BCUT2D eigenvalue weighted by atomic mass is 9.97. The number of hydrogen-bond acceptors (Lipinski definition) is 4. The minimum absolute atomic E-state index is 0.172. The van der Waals surface area contributed by atoms with Gasteiger partial charge in [-0.05, 0) is 44.4 Å². The summed E-state index contributed by atoms with van der Waals surface area (Å²) < 4.78 is 64.8. The summed E-state index contributed by atoms with van der Waals surface area (Å²) in [5.41, 5.74) is 4.82. The van der Waals surface area contributed by atoms with Crippen LogP contribution in [0.2, 0.25) is 0 Å². The molecule has 0 aliphatic carbocycles. The molecule has 1 aliphatic heterocycles. The van der Waals surface area contributed by atoms with E-state index in [9.17, 15) is 26.4 Å². The third-order valence-corrected chi connectivity index (χ3v) is 5.76. The van der Waals surface area contributed by atoms with Crippen LogP contribution in [0.3, 0.4) is 0 Å². The van der Waals surface area contributed by atoms with Crippen LogP contribution in [0.4, 0.5) is 13.2 Å². The summed E-state index contributed by atoms with van der Waals surface area (Å²) in [5, 5.41) is 0. The number of likely N-dealkylation sites (tertiary alicyclic amines) is 1. The average Bonchev–Trinajstić information content (AvgIpc) is 2.59. The summed E-state index contributed by atoms with van der Waals surface area (Å²) >= 11 is 0. The van der Waals surface area contributed by atoms with Crippen molar-refractivity contribution in [3.05, 3.63) is 29.8 Å². The molecular formula is C16H22F3N3O3S. The molecule has 0 bridgehead atoms. The van der Waals surface area contributed by atoms with Crippen LogP contribution >= 0.6 is 0 Å². The molecule has 2 unspecified atom stereocenters. The van der Waals surface area contributed by atoms with Gasteiger partial charge in [-0.25, -0.2) is 13.1 Å². The standard InChI is InChI=1S/C16H22F3N3O3S/c1-11(20)14-7-2-3-8-22(14)15(23)10-21-26(24,25)13-6-4-5-12(9-13)16(17,18)19/h4-6,9,11,14,21H,2-3,7-8,10,20H2,1H3. The van der Waals surface area contributed by atoms with Crippen LogP contribution in [0.15, 0.2) is 29.2 Å². The highest BCUT2D eigenvalue weighted by Gasteiger charge is 2.32. The van der Waals surface area contributed by atoms with Gasteiger partial charge in [-0.1, -0.05) is 6.07 Å².